The number of rotatable bonds is 1. The van der Waals surface area contributed by atoms with Crippen LogP contribution in [0.1, 0.15) is 20.3 Å². The monoisotopic (exact) mass is 167 g/mol. The maximum absolute atomic E-state index is 7.11. The molecule has 0 bridgehead atoms. The van der Waals surface area contributed by atoms with E-state index in [9.17, 15) is 0 Å². The molecule has 0 aromatic rings. The van der Waals surface area contributed by atoms with E-state index in [1.54, 1.807) is 6.08 Å². The van der Waals surface area contributed by atoms with Gasteiger partial charge in [-0.15, -0.1) is 0 Å². The fraction of sp³-hybridized carbons (Fsp3) is 0.444. The molecule has 1 unspecified atom stereocenters. The van der Waals surface area contributed by atoms with Crippen molar-refractivity contribution in [3.05, 3.63) is 23.9 Å². The van der Waals surface area contributed by atoms with Gasteiger partial charge in [-0.3, -0.25) is 5.41 Å². The minimum Gasteiger partial charge on any atom is -0.399 e. The summed E-state index contributed by atoms with van der Waals surface area (Å²) >= 11 is 0. The van der Waals surface area contributed by atoms with Crippen LogP contribution in [-0.2, 0) is 0 Å². The molecule has 0 aromatic heterocycles. The van der Waals surface area contributed by atoms with Crippen molar-refractivity contribution in [2.24, 2.45) is 17.4 Å². The van der Waals surface area contributed by atoms with Crippen molar-refractivity contribution in [2.45, 2.75) is 20.3 Å². The van der Waals surface area contributed by atoms with Crippen molar-refractivity contribution in [1.29, 1.82) is 5.41 Å². The molecular weight excluding hydrogens is 150 g/mol. The molecule has 12 heavy (non-hydrogen) atoms. The van der Waals surface area contributed by atoms with Gasteiger partial charge in [-0.2, -0.15) is 0 Å². The predicted octanol–water partition coefficient (Wildman–Crippen LogP) is 1.37. The summed E-state index contributed by atoms with van der Waals surface area (Å²) in [5.41, 5.74) is 11.5. The van der Waals surface area contributed by atoms with E-state index in [0.29, 0.717) is 0 Å². The normalized spacial score (nSPS) is 20.5. The van der Waals surface area contributed by atoms with E-state index in [0.717, 1.165) is 12.1 Å². The van der Waals surface area contributed by atoms with E-state index >= 15 is 0 Å². The molecule has 0 heterocycles. The molecule has 0 aliphatic heterocycles. The largest absolute Gasteiger partial charge is 0.399 e. The van der Waals surface area contributed by atoms with Crippen LogP contribution in [-0.4, -0.2) is 5.84 Å². The number of amidine groups is 1. The number of hydrogen-bond donors (Lipinski definition) is 3. The first-order valence-corrected chi connectivity index (χ1v) is 4.18. The molecule has 68 valence electrons. The van der Waals surface area contributed by atoms with Crippen molar-refractivity contribution in [3.63, 3.8) is 0 Å². The summed E-state index contributed by atoms with van der Waals surface area (Å²) in [7, 11) is 0. The number of nitrogens with two attached hydrogens (primary N) is 2. The van der Waals surface area contributed by atoms with Gasteiger partial charge in [0.15, 0.2) is 0 Å². The molecule has 0 spiro atoms. The van der Waals surface area contributed by atoms with Crippen molar-refractivity contribution < 1.29 is 0 Å². The topological polar surface area (TPSA) is 75.9 Å². The summed E-state index contributed by atoms with van der Waals surface area (Å²) in [5.74, 6) is 0.271. The summed E-state index contributed by atoms with van der Waals surface area (Å²) in [6.45, 7) is 4.00. The van der Waals surface area contributed by atoms with Gasteiger partial charge < -0.3 is 11.5 Å². The highest BCUT2D eigenvalue weighted by Gasteiger charge is 2.08. The van der Waals surface area contributed by atoms with E-state index in [-0.39, 0.29) is 11.8 Å². The second kappa shape index (κ2) is 5.41. The minimum atomic E-state index is 0.0623. The first-order valence-electron chi connectivity index (χ1n) is 4.18. The maximum atomic E-state index is 7.11. The molecule has 0 fully saturated rings. The lowest BCUT2D eigenvalue weighted by molar-refractivity contribution is 0.841. The molecule has 3 heteroatoms. The predicted molar refractivity (Wildman–Crippen MR) is 52.8 cm³/mol. The third kappa shape index (κ3) is 3.23. The molecule has 1 aliphatic carbocycles. The highest BCUT2D eigenvalue weighted by molar-refractivity contribution is 5.81. The Bertz CT molecular complexity index is 204. The summed E-state index contributed by atoms with van der Waals surface area (Å²) in [6.07, 6.45) is 6.29. The van der Waals surface area contributed by atoms with Gasteiger partial charge in [0.1, 0.15) is 0 Å². The van der Waals surface area contributed by atoms with Gasteiger partial charge in [0.2, 0.25) is 0 Å². The lowest BCUT2D eigenvalue weighted by Crippen LogP contribution is -2.21. The van der Waals surface area contributed by atoms with Gasteiger partial charge in [0.25, 0.3) is 0 Å². The van der Waals surface area contributed by atoms with Crippen LogP contribution >= 0.6 is 0 Å². The van der Waals surface area contributed by atoms with Crippen molar-refractivity contribution in [3.8, 4) is 0 Å². The summed E-state index contributed by atoms with van der Waals surface area (Å²) in [4.78, 5) is 0. The molecule has 0 saturated heterocycles. The van der Waals surface area contributed by atoms with Crippen LogP contribution in [0.25, 0.3) is 0 Å². The molecule has 5 N–H and O–H groups in total. The molecule has 3 nitrogen and oxygen atoms in total. The second-order valence-electron chi connectivity index (χ2n) is 2.36. The average molecular weight is 167 g/mol. The van der Waals surface area contributed by atoms with Gasteiger partial charge in [-0.05, 0) is 12.5 Å². The zero-order valence-corrected chi connectivity index (χ0v) is 7.67. The quantitative estimate of drug-likeness (QED) is 0.407. The first-order chi connectivity index (χ1) is 5.70. The van der Waals surface area contributed by atoms with Crippen molar-refractivity contribution in [1.82, 2.24) is 0 Å². The fourth-order valence-corrected chi connectivity index (χ4v) is 0.868. The van der Waals surface area contributed by atoms with Gasteiger partial charge in [-0.25, -0.2) is 0 Å². The van der Waals surface area contributed by atoms with Crippen LogP contribution in [0, 0.1) is 11.3 Å². The van der Waals surface area contributed by atoms with E-state index in [2.05, 4.69) is 0 Å². The summed E-state index contributed by atoms with van der Waals surface area (Å²) in [5, 5.41) is 7.11. The number of hydrogen-bond acceptors (Lipinski definition) is 2. The Morgan fingerprint density at radius 2 is 2.17 bits per heavy atom. The van der Waals surface area contributed by atoms with E-state index in [1.165, 1.54) is 0 Å². The average Bonchev–Trinajstić information content (AvgIpc) is 2.09. The Morgan fingerprint density at radius 3 is 2.50 bits per heavy atom. The van der Waals surface area contributed by atoms with E-state index < -0.39 is 0 Å². The summed E-state index contributed by atoms with van der Waals surface area (Å²) < 4.78 is 0. The summed E-state index contributed by atoms with van der Waals surface area (Å²) in [6, 6.07) is 0. The zero-order chi connectivity index (χ0) is 9.56. The Hall–Kier alpha value is -1.25. The molecule has 1 rings (SSSR count). The van der Waals surface area contributed by atoms with Crippen LogP contribution in [0.15, 0.2) is 23.9 Å². The van der Waals surface area contributed by atoms with Gasteiger partial charge >= 0.3 is 0 Å². The highest BCUT2D eigenvalue weighted by atomic mass is 14.7. The molecule has 0 amide bonds. The van der Waals surface area contributed by atoms with E-state index in [1.807, 2.05) is 26.0 Å². The standard InChI is InChI=1S/C7H11N3.C2H6/c8-6-3-1-5(2-4-6)7(9)10;1-2/h1,3-5H,2,8H2,(H3,9,10);1-2H3. The van der Waals surface area contributed by atoms with Gasteiger partial charge in [0.05, 0.1) is 5.84 Å². The molecule has 0 radical (unpaired) electrons. The van der Waals surface area contributed by atoms with Crippen LogP contribution in [0.5, 0.6) is 0 Å². The van der Waals surface area contributed by atoms with Crippen molar-refractivity contribution in [2.75, 3.05) is 0 Å². The van der Waals surface area contributed by atoms with Crippen molar-refractivity contribution >= 4 is 5.84 Å². The SMILES string of the molecule is CC.N=C(N)C1C=CC(N)=CC1. The highest BCUT2D eigenvalue weighted by Crippen LogP contribution is 2.12. The lowest BCUT2D eigenvalue weighted by Gasteiger charge is -2.11. The number of nitrogens with one attached hydrogen (secondary N) is 1. The molecule has 1 atom stereocenters. The lowest BCUT2D eigenvalue weighted by atomic mass is 9.99. The van der Waals surface area contributed by atoms with Crippen LogP contribution in [0.4, 0.5) is 0 Å². The Balaban J connectivity index is 0.000000561. The van der Waals surface area contributed by atoms with Crippen LogP contribution in [0.2, 0.25) is 0 Å². The molecule has 1 aliphatic rings. The Labute approximate surface area is 73.6 Å². The number of allylic oxidation sites excluding steroid dienone is 2. The van der Waals surface area contributed by atoms with Gasteiger partial charge in [0, 0.05) is 11.6 Å². The maximum Gasteiger partial charge on any atom is 0.0979 e. The zero-order valence-electron chi connectivity index (χ0n) is 7.67. The third-order valence-electron chi connectivity index (χ3n) is 1.53. The molecular formula is C9H17N3. The first kappa shape index (κ1) is 10.8. The Kier molecular flexibility index (Phi) is 4.84. The van der Waals surface area contributed by atoms with Gasteiger partial charge in [-0.1, -0.05) is 26.0 Å². The smallest absolute Gasteiger partial charge is 0.0979 e. The van der Waals surface area contributed by atoms with Crippen LogP contribution in [0.3, 0.4) is 0 Å². The van der Waals surface area contributed by atoms with Crippen LogP contribution < -0.4 is 11.5 Å². The van der Waals surface area contributed by atoms with E-state index in [4.69, 9.17) is 16.9 Å². The second-order valence-corrected chi connectivity index (χ2v) is 2.36. The molecule has 0 saturated carbocycles. The molecule has 0 aromatic carbocycles. The fourth-order valence-electron chi connectivity index (χ4n) is 0.868. The third-order valence-corrected chi connectivity index (χ3v) is 1.53. The Morgan fingerprint density at radius 1 is 1.58 bits per heavy atom. The minimum absolute atomic E-state index is 0.0623.